The maximum Gasteiger partial charge on any atom is 0.329 e. The van der Waals surface area contributed by atoms with E-state index in [-0.39, 0.29) is 23.5 Å². The number of rotatable bonds is 7. The van der Waals surface area contributed by atoms with E-state index >= 15 is 0 Å². The number of amides is 1. The monoisotopic (exact) mass is 347 g/mol. The largest absolute Gasteiger partial charge is 0.464 e. The summed E-state index contributed by atoms with van der Waals surface area (Å²) >= 11 is 0. The van der Waals surface area contributed by atoms with Crippen LogP contribution < -0.4 is 0 Å². The molecule has 1 aromatic carbocycles. The number of hydrogen-bond acceptors (Lipinski definition) is 3. The first-order valence-electron chi connectivity index (χ1n) is 8.82. The van der Waals surface area contributed by atoms with Gasteiger partial charge in [0.15, 0.2) is 0 Å². The summed E-state index contributed by atoms with van der Waals surface area (Å²) in [5.41, 5.74) is 0.865. The van der Waals surface area contributed by atoms with Crippen LogP contribution in [0.3, 0.4) is 0 Å². The maximum absolute atomic E-state index is 12.8. The van der Waals surface area contributed by atoms with Gasteiger partial charge in [0, 0.05) is 0 Å². The van der Waals surface area contributed by atoms with E-state index in [9.17, 15) is 9.59 Å². The van der Waals surface area contributed by atoms with Gasteiger partial charge in [0.05, 0.1) is 26.3 Å². The molecule has 1 heterocycles. The summed E-state index contributed by atoms with van der Waals surface area (Å²) in [7, 11) is -1.79. The molecule has 0 spiro atoms. The Hall–Kier alpha value is -1.62. The van der Waals surface area contributed by atoms with Crippen molar-refractivity contribution in [2.24, 2.45) is 0 Å². The lowest BCUT2D eigenvalue weighted by molar-refractivity contribution is -0.169. The number of nitrogens with zero attached hydrogens (tertiary/aromatic N) is 1. The summed E-state index contributed by atoms with van der Waals surface area (Å²) < 4.78 is 5.47. The molecule has 3 atom stereocenters. The van der Waals surface area contributed by atoms with E-state index < -0.39 is 14.1 Å². The van der Waals surface area contributed by atoms with Gasteiger partial charge in [-0.25, -0.2) is 4.79 Å². The zero-order valence-corrected chi connectivity index (χ0v) is 16.4. The molecule has 0 aromatic heterocycles. The fraction of sp³-hybridized carbons (Fsp3) is 0.579. The summed E-state index contributed by atoms with van der Waals surface area (Å²) in [6.45, 7) is 10.9. The molecule has 0 aliphatic carbocycles. The van der Waals surface area contributed by atoms with Crippen LogP contribution >= 0.6 is 0 Å². The quantitative estimate of drug-likeness (QED) is 0.324. The summed E-state index contributed by atoms with van der Waals surface area (Å²) in [5.74, 6) is -0.138. The van der Waals surface area contributed by atoms with Crippen molar-refractivity contribution in [2.45, 2.75) is 64.0 Å². The minimum Gasteiger partial charge on any atom is -0.464 e. The van der Waals surface area contributed by atoms with Crippen molar-refractivity contribution in [3.05, 3.63) is 35.9 Å². The third-order valence-electron chi connectivity index (χ3n) is 4.75. The summed E-state index contributed by atoms with van der Waals surface area (Å²) in [4.78, 5) is 27.2. The van der Waals surface area contributed by atoms with E-state index in [4.69, 9.17) is 4.74 Å². The Morgan fingerprint density at radius 1 is 1.25 bits per heavy atom. The van der Waals surface area contributed by atoms with Gasteiger partial charge >= 0.3 is 5.97 Å². The Morgan fingerprint density at radius 2 is 1.88 bits per heavy atom. The normalized spacial score (nSPS) is 22.0. The van der Waals surface area contributed by atoms with Crippen LogP contribution in [0.25, 0.3) is 0 Å². The SMILES string of the molecule is CCCCOC(=O)C1C([Si](C)(C)C)C(=O)N1C(C)c1ccccc1. The highest BCUT2D eigenvalue weighted by Crippen LogP contribution is 2.45. The van der Waals surface area contributed by atoms with E-state index in [1.54, 1.807) is 4.90 Å². The van der Waals surface area contributed by atoms with Crippen molar-refractivity contribution in [1.29, 1.82) is 0 Å². The molecule has 5 heteroatoms. The Labute approximate surface area is 146 Å². The second kappa shape index (κ2) is 7.51. The molecule has 4 nitrogen and oxygen atoms in total. The van der Waals surface area contributed by atoms with Crippen molar-refractivity contribution >= 4 is 20.0 Å². The van der Waals surface area contributed by atoms with Crippen molar-refractivity contribution in [1.82, 2.24) is 4.90 Å². The summed E-state index contributed by atoms with van der Waals surface area (Å²) in [6.07, 6.45) is 1.84. The molecule has 1 amide bonds. The number of benzene rings is 1. The van der Waals surface area contributed by atoms with E-state index in [2.05, 4.69) is 26.6 Å². The fourth-order valence-electron chi connectivity index (χ4n) is 3.33. The average Bonchev–Trinajstić information content (AvgIpc) is 2.52. The zero-order valence-electron chi connectivity index (χ0n) is 15.4. The van der Waals surface area contributed by atoms with Gasteiger partial charge in [-0.15, -0.1) is 0 Å². The van der Waals surface area contributed by atoms with Crippen LogP contribution in [0.4, 0.5) is 0 Å². The first-order valence-corrected chi connectivity index (χ1v) is 12.4. The Kier molecular flexibility index (Phi) is 5.86. The van der Waals surface area contributed by atoms with Gasteiger partial charge in [-0.1, -0.05) is 63.3 Å². The lowest BCUT2D eigenvalue weighted by atomic mass is 9.94. The lowest BCUT2D eigenvalue weighted by Crippen LogP contribution is -2.67. The van der Waals surface area contributed by atoms with Gasteiger partial charge in [-0.3, -0.25) is 4.79 Å². The molecule has 1 aromatic rings. The highest BCUT2D eigenvalue weighted by atomic mass is 28.3. The van der Waals surface area contributed by atoms with E-state index in [1.165, 1.54) is 0 Å². The number of unbranched alkanes of at least 4 members (excludes halogenated alkanes) is 1. The van der Waals surface area contributed by atoms with Crippen LogP contribution in [0, 0.1) is 0 Å². The third-order valence-corrected chi connectivity index (χ3v) is 7.18. The summed E-state index contributed by atoms with van der Waals surface area (Å²) in [5, 5.41) is 0. The first-order chi connectivity index (χ1) is 11.3. The van der Waals surface area contributed by atoms with Crippen LogP contribution in [0.5, 0.6) is 0 Å². The summed E-state index contributed by atoms with van der Waals surface area (Å²) in [6, 6.07) is 9.32. The van der Waals surface area contributed by atoms with Crippen LogP contribution in [-0.2, 0) is 14.3 Å². The molecule has 2 rings (SSSR count). The number of carbonyl (C=O) groups is 2. The van der Waals surface area contributed by atoms with Crippen LogP contribution in [0.1, 0.15) is 38.3 Å². The highest BCUT2D eigenvalue weighted by molar-refractivity contribution is 6.81. The molecule has 1 aliphatic rings. The highest BCUT2D eigenvalue weighted by Gasteiger charge is 2.58. The predicted octanol–water partition coefficient (Wildman–Crippen LogP) is 4.01. The molecular weight excluding hydrogens is 318 g/mol. The Balaban J connectivity index is 2.22. The smallest absolute Gasteiger partial charge is 0.329 e. The number of hydrogen-bond donors (Lipinski definition) is 0. The van der Waals surface area contributed by atoms with Crippen molar-refractivity contribution in [2.75, 3.05) is 6.61 Å². The van der Waals surface area contributed by atoms with Gasteiger partial charge in [-0.05, 0) is 18.9 Å². The number of ether oxygens (including phenoxy) is 1. The van der Waals surface area contributed by atoms with Crippen LogP contribution in [0.2, 0.25) is 25.2 Å². The number of esters is 1. The average molecular weight is 348 g/mol. The molecule has 1 saturated heterocycles. The molecular formula is C19H29NO3Si. The third kappa shape index (κ3) is 3.72. The van der Waals surface area contributed by atoms with Crippen molar-refractivity contribution in [3.8, 4) is 0 Å². The fourth-order valence-corrected chi connectivity index (χ4v) is 5.47. The standard InChI is InChI=1S/C19H29NO3Si/c1-6-7-13-23-19(22)16-17(24(3,4)5)18(21)20(16)14(2)15-11-9-8-10-12-15/h8-12,14,16-17H,6-7,13H2,1-5H3. The minimum atomic E-state index is -1.79. The molecule has 0 saturated carbocycles. The molecule has 3 unspecified atom stereocenters. The van der Waals surface area contributed by atoms with Gasteiger partial charge in [0.1, 0.15) is 6.04 Å². The predicted molar refractivity (Wildman–Crippen MR) is 98.5 cm³/mol. The lowest BCUT2D eigenvalue weighted by Gasteiger charge is -2.52. The van der Waals surface area contributed by atoms with Gasteiger partial charge in [0.25, 0.3) is 0 Å². The van der Waals surface area contributed by atoms with Gasteiger partial charge in [-0.2, -0.15) is 0 Å². The second-order valence-corrected chi connectivity index (χ2v) is 13.0. The van der Waals surface area contributed by atoms with Crippen molar-refractivity contribution < 1.29 is 14.3 Å². The molecule has 0 N–H and O–H groups in total. The van der Waals surface area contributed by atoms with Gasteiger partial charge in [0.2, 0.25) is 5.91 Å². The molecule has 1 aliphatic heterocycles. The molecule has 24 heavy (non-hydrogen) atoms. The van der Waals surface area contributed by atoms with E-state index in [1.807, 2.05) is 37.3 Å². The molecule has 1 fully saturated rings. The number of carbonyl (C=O) groups excluding carboxylic acids is 2. The van der Waals surface area contributed by atoms with Gasteiger partial charge < -0.3 is 9.64 Å². The van der Waals surface area contributed by atoms with Crippen LogP contribution in [-0.4, -0.2) is 37.5 Å². The molecule has 0 radical (unpaired) electrons. The van der Waals surface area contributed by atoms with Crippen LogP contribution in [0.15, 0.2) is 30.3 Å². The van der Waals surface area contributed by atoms with E-state index in [0.717, 1.165) is 18.4 Å². The number of likely N-dealkylation sites (tertiary alicyclic amines) is 1. The maximum atomic E-state index is 12.8. The minimum absolute atomic E-state index is 0.1000. The molecule has 132 valence electrons. The number of β-lactam (4-membered cyclic amide) rings is 1. The van der Waals surface area contributed by atoms with E-state index in [0.29, 0.717) is 6.61 Å². The first kappa shape index (κ1) is 18.7. The molecule has 0 bridgehead atoms. The topological polar surface area (TPSA) is 46.6 Å². The van der Waals surface area contributed by atoms with Crippen molar-refractivity contribution in [3.63, 3.8) is 0 Å². The second-order valence-electron chi connectivity index (χ2n) is 7.64. The Morgan fingerprint density at radius 3 is 2.42 bits per heavy atom. The zero-order chi connectivity index (χ0) is 17.9. The Bertz CT molecular complexity index is 582.